The molecule has 0 bridgehead atoms. The maximum absolute atomic E-state index is 5.20. The Labute approximate surface area is 299 Å². The topological polar surface area (TPSA) is 51.6 Å². The molecule has 2 aromatic heterocycles. The Kier molecular flexibility index (Phi) is 6.22. The molecule has 4 nitrogen and oxygen atoms in total. The number of hydrogen-bond acceptors (Lipinski definition) is 4. The molecule has 0 fully saturated rings. The van der Waals surface area contributed by atoms with Gasteiger partial charge in [0.25, 0.3) is 0 Å². The molecule has 0 spiro atoms. The van der Waals surface area contributed by atoms with E-state index in [-0.39, 0.29) is 0 Å². The van der Waals surface area contributed by atoms with Crippen LogP contribution in [0.25, 0.3) is 110 Å². The van der Waals surface area contributed by atoms with Crippen molar-refractivity contribution < 1.29 is 0 Å². The molecule has 0 saturated heterocycles. The van der Waals surface area contributed by atoms with Crippen LogP contribution < -0.4 is 0 Å². The molecule has 2 heterocycles. The largest absolute Gasteiger partial charge is 0.265 e. The lowest BCUT2D eigenvalue weighted by molar-refractivity contribution is 1.07. The van der Waals surface area contributed by atoms with Gasteiger partial charge in [-0.25, -0.2) is 15.0 Å². The predicted molar refractivity (Wildman–Crippen MR) is 216 cm³/mol. The molecular formula is C48H28N4. The van der Waals surface area contributed by atoms with Crippen molar-refractivity contribution in [3.63, 3.8) is 0 Å². The first-order valence-corrected chi connectivity index (χ1v) is 17.5. The SMILES string of the molecule is c1ccc(-c2nc(-c3ccc(-c4ccncc4)cc3)nc(-c3cc4ccc5cccc6c7cccc8ccc9cccc(c(c3)c4c56)c9c87)n2)cc1. The van der Waals surface area contributed by atoms with Crippen LogP contribution in [0.4, 0.5) is 0 Å². The molecule has 0 unspecified atom stereocenters. The molecule has 4 heteroatoms. The van der Waals surface area contributed by atoms with E-state index >= 15 is 0 Å². The Balaban J connectivity index is 1.23. The van der Waals surface area contributed by atoms with Gasteiger partial charge in [0.1, 0.15) is 0 Å². The zero-order valence-corrected chi connectivity index (χ0v) is 28.0. The normalized spacial score (nSPS) is 11.8. The lowest BCUT2D eigenvalue weighted by Crippen LogP contribution is -2.00. The Morgan fingerprint density at radius 1 is 0.269 bits per heavy atom. The van der Waals surface area contributed by atoms with Crippen LogP contribution in [0, 0.1) is 0 Å². The van der Waals surface area contributed by atoms with Crippen LogP contribution in [0.5, 0.6) is 0 Å². The van der Waals surface area contributed by atoms with Crippen molar-refractivity contribution in [1.29, 1.82) is 0 Å². The number of fused-ring (bicyclic) bond motifs is 2. The minimum absolute atomic E-state index is 0.634. The van der Waals surface area contributed by atoms with Gasteiger partial charge in [-0.05, 0) is 100 Å². The van der Waals surface area contributed by atoms with Crippen molar-refractivity contribution in [2.75, 3.05) is 0 Å². The summed E-state index contributed by atoms with van der Waals surface area (Å²) in [6, 6.07) is 56.3. The van der Waals surface area contributed by atoms with Crippen LogP contribution in [0.3, 0.4) is 0 Å². The summed E-state index contributed by atoms with van der Waals surface area (Å²) in [6.45, 7) is 0. The van der Waals surface area contributed by atoms with Crippen molar-refractivity contribution in [3.8, 4) is 45.3 Å². The second-order valence-corrected chi connectivity index (χ2v) is 13.4. The van der Waals surface area contributed by atoms with Crippen LogP contribution in [-0.2, 0) is 0 Å². The quantitative estimate of drug-likeness (QED) is 0.176. The van der Waals surface area contributed by atoms with Gasteiger partial charge in [-0.15, -0.1) is 0 Å². The second-order valence-electron chi connectivity index (χ2n) is 13.4. The van der Waals surface area contributed by atoms with Crippen molar-refractivity contribution in [2.24, 2.45) is 0 Å². The van der Waals surface area contributed by atoms with Crippen molar-refractivity contribution >= 4 is 64.6 Å². The molecule has 240 valence electrons. The number of rotatable bonds is 4. The first-order chi connectivity index (χ1) is 25.8. The third kappa shape index (κ3) is 4.41. The van der Waals surface area contributed by atoms with Gasteiger partial charge in [-0.1, -0.05) is 133 Å². The molecule has 0 saturated carbocycles. The third-order valence-corrected chi connectivity index (χ3v) is 10.5. The average Bonchev–Trinajstić information content (AvgIpc) is 3.22. The monoisotopic (exact) mass is 660 g/mol. The van der Waals surface area contributed by atoms with E-state index in [1.165, 1.54) is 59.2 Å². The standard InChI is InChI=1S/C48H28N4/c1-2-7-34(8-3-1)46-50-47(35-20-15-29(16-21-35)30-23-25-49-26-24-30)52-48(51-46)37-27-36-22-19-33-10-5-13-39-38-12-4-9-31-17-18-32-11-6-14-40(44(32)42(31)38)41(28-37)45(36)43(33)39/h1-28H. The molecule has 0 aliphatic rings. The van der Waals surface area contributed by atoms with Gasteiger partial charge in [0, 0.05) is 29.1 Å². The Morgan fingerprint density at radius 2 is 0.712 bits per heavy atom. The molecule has 11 rings (SSSR count). The molecule has 0 amide bonds. The van der Waals surface area contributed by atoms with Crippen LogP contribution in [0.2, 0.25) is 0 Å². The number of hydrogen-bond donors (Lipinski definition) is 0. The van der Waals surface area contributed by atoms with Crippen molar-refractivity contribution in [3.05, 3.63) is 170 Å². The summed E-state index contributed by atoms with van der Waals surface area (Å²) in [4.78, 5) is 19.6. The van der Waals surface area contributed by atoms with Gasteiger partial charge in [0.15, 0.2) is 17.5 Å². The van der Waals surface area contributed by atoms with Gasteiger partial charge in [0.2, 0.25) is 0 Å². The van der Waals surface area contributed by atoms with E-state index in [2.05, 4.69) is 132 Å². The smallest absolute Gasteiger partial charge is 0.164 e. The molecule has 0 aliphatic heterocycles. The minimum atomic E-state index is 0.634. The van der Waals surface area contributed by atoms with Gasteiger partial charge in [0.05, 0.1) is 0 Å². The zero-order valence-electron chi connectivity index (χ0n) is 28.0. The fraction of sp³-hybridized carbons (Fsp3) is 0. The summed E-state index contributed by atoms with van der Waals surface area (Å²) in [5.41, 5.74) is 5.05. The van der Waals surface area contributed by atoms with Crippen LogP contribution in [-0.4, -0.2) is 19.9 Å². The van der Waals surface area contributed by atoms with Crippen molar-refractivity contribution in [1.82, 2.24) is 19.9 Å². The fourth-order valence-corrected chi connectivity index (χ4v) is 8.12. The molecule has 11 aromatic rings. The average molecular weight is 661 g/mol. The summed E-state index contributed by atoms with van der Waals surface area (Å²) >= 11 is 0. The summed E-state index contributed by atoms with van der Waals surface area (Å²) in [5, 5.41) is 14.9. The highest BCUT2D eigenvalue weighted by Gasteiger charge is 2.18. The van der Waals surface area contributed by atoms with E-state index in [4.69, 9.17) is 15.0 Å². The molecule has 0 atom stereocenters. The zero-order chi connectivity index (χ0) is 34.2. The fourth-order valence-electron chi connectivity index (χ4n) is 8.12. The molecule has 0 aliphatic carbocycles. The third-order valence-electron chi connectivity index (χ3n) is 10.5. The number of pyridine rings is 1. The summed E-state index contributed by atoms with van der Waals surface area (Å²) < 4.78 is 0. The first-order valence-electron chi connectivity index (χ1n) is 17.5. The predicted octanol–water partition coefficient (Wildman–Crippen LogP) is 12.3. The Bertz CT molecular complexity index is 3150. The Morgan fingerprint density at radius 3 is 1.29 bits per heavy atom. The lowest BCUT2D eigenvalue weighted by atomic mass is 9.87. The van der Waals surface area contributed by atoms with Crippen molar-refractivity contribution in [2.45, 2.75) is 0 Å². The Hall–Kier alpha value is -7.04. The highest BCUT2D eigenvalue weighted by Crippen LogP contribution is 2.44. The number of nitrogens with zero attached hydrogens (tertiary/aromatic N) is 4. The van der Waals surface area contributed by atoms with E-state index in [9.17, 15) is 0 Å². The highest BCUT2D eigenvalue weighted by molar-refractivity contribution is 6.37. The van der Waals surface area contributed by atoms with Crippen LogP contribution in [0.1, 0.15) is 0 Å². The summed E-state index contributed by atoms with van der Waals surface area (Å²) in [7, 11) is 0. The highest BCUT2D eigenvalue weighted by atomic mass is 15.0. The van der Waals surface area contributed by atoms with Gasteiger partial charge in [-0.3, -0.25) is 4.98 Å². The lowest BCUT2D eigenvalue weighted by Gasteiger charge is -2.17. The number of benzene rings is 8. The maximum Gasteiger partial charge on any atom is 0.164 e. The number of aromatic nitrogens is 4. The first kappa shape index (κ1) is 28.8. The van der Waals surface area contributed by atoms with E-state index in [0.29, 0.717) is 17.5 Å². The van der Waals surface area contributed by atoms with E-state index in [1.807, 2.05) is 42.7 Å². The summed E-state index contributed by atoms with van der Waals surface area (Å²) in [5.74, 6) is 1.92. The maximum atomic E-state index is 5.20. The molecule has 0 N–H and O–H groups in total. The summed E-state index contributed by atoms with van der Waals surface area (Å²) in [6.07, 6.45) is 3.63. The van der Waals surface area contributed by atoms with Gasteiger partial charge < -0.3 is 0 Å². The molecular weight excluding hydrogens is 633 g/mol. The molecule has 0 radical (unpaired) electrons. The van der Waals surface area contributed by atoms with Crippen LogP contribution >= 0.6 is 0 Å². The van der Waals surface area contributed by atoms with E-state index in [0.717, 1.165) is 33.2 Å². The second kappa shape index (κ2) is 11.2. The molecule has 52 heavy (non-hydrogen) atoms. The van der Waals surface area contributed by atoms with Gasteiger partial charge >= 0.3 is 0 Å². The molecule has 9 aromatic carbocycles. The minimum Gasteiger partial charge on any atom is -0.265 e. The van der Waals surface area contributed by atoms with E-state index in [1.54, 1.807) is 0 Å². The van der Waals surface area contributed by atoms with Crippen LogP contribution in [0.15, 0.2) is 170 Å². The van der Waals surface area contributed by atoms with E-state index < -0.39 is 0 Å². The van der Waals surface area contributed by atoms with Gasteiger partial charge in [-0.2, -0.15) is 0 Å².